The van der Waals surface area contributed by atoms with Gasteiger partial charge in [-0.05, 0) is 48.5 Å². The zero-order valence-electron chi connectivity index (χ0n) is 15.8. The SMILES string of the molecule is O=C(NCCc1ccccc1)[C@H](c1ccccn1)N(C(=O)c1csnn1)C1CC1. The fraction of sp³-hybridized carbons (Fsp3) is 0.286. The third-order valence-electron chi connectivity index (χ3n) is 4.80. The van der Waals surface area contributed by atoms with E-state index in [1.165, 1.54) is 0 Å². The second-order valence-electron chi connectivity index (χ2n) is 6.92. The highest BCUT2D eigenvalue weighted by atomic mass is 32.1. The molecule has 8 heteroatoms. The van der Waals surface area contributed by atoms with Crippen LogP contribution in [-0.2, 0) is 11.2 Å². The van der Waals surface area contributed by atoms with Crippen molar-refractivity contribution in [3.05, 3.63) is 77.1 Å². The van der Waals surface area contributed by atoms with Crippen molar-refractivity contribution in [3.63, 3.8) is 0 Å². The molecule has 2 aromatic heterocycles. The first-order chi connectivity index (χ1) is 14.2. The van der Waals surface area contributed by atoms with Gasteiger partial charge in [-0.25, -0.2) is 0 Å². The Labute approximate surface area is 173 Å². The summed E-state index contributed by atoms with van der Waals surface area (Å²) < 4.78 is 3.79. The molecule has 0 saturated heterocycles. The molecule has 1 N–H and O–H groups in total. The van der Waals surface area contributed by atoms with Crippen LogP contribution in [0.1, 0.15) is 40.6 Å². The van der Waals surface area contributed by atoms with Crippen molar-refractivity contribution in [3.8, 4) is 0 Å². The Kier molecular flexibility index (Phi) is 5.90. The molecule has 29 heavy (non-hydrogen) atoms. The van der Waals surface area contributed by atoms with Crippen LogP contribution in [0.25, 0.3) is 0 Å². The van der Waals surface area contributed by atoms with E-state index in [1.54, 1.807) is 28.6 Å². The number of pyridine rings is 1. The minimum Gasteiger partial charge on any atom is -0.354 e. The number of hydrogen-bond donors (Lipinski definition) is 1. The Morgan fingerprint density at radius 2 is 1.93 bits per heavy atom. The summed E-state index contributed by atoms with van der Waals surface area (Å²) in [5.41, 5.74) is 1.96. The van der Waals surface area contributed by atoms with Crippen LogP contribution >= 0.6 is 11.5 Å². The third-order valence-corrected chi connectivity index (χ3v) is 5.31. The number of hydrogen-bond acceptors (Lipinski definition) is 6. The molecule has 0 unspecified atom stereocenters. The van der Waals surface area contributed by atoms with Crippen LogP contribution in [0, 0.1) is 0 Å². The van der Waals surface area contributed by atoms with E-state index in [0.29, 0.717) is 12.2 Å². The Balaban J connectivity index is 1.55. The van der Waals surface area contributed by atoms with E-state index in [1.807, 2.05) is 36.4 Å². The van der Waals surface area contributed by atoms with Gasteiger partial charge < -0.3 is 10.2 Å². The molecule has 1 atom stereocenters. The van der Waals surface area contributed by atoms with Gasteiger partial charge >= 0.3 is 0 Å². The zero-order valence-corrected chi connectivity index (χ0v) is 16.6. The van der Waals surface area contributed by atoms with E-state index in [2.05, 4.69) is 19.9 Å². The number of aromatic nitrogens is 3. The molecule has 4 rings (SSSR count). The summed E-state index contributed by atoms with van der Waals surface area (Å²) in [6.07, 6.45) is 4.09. The van der Waals surface area contributed by atoms with Crippen LogP contribution in [0.5, 0.6) is 0 Å². The highest BCUT2D eigenvalue weighted by molar-refractivity contribution is 7.03. The van der Waals surface area contributed by atoms with Crippen LogP contribution in [0.15, 0.2) is 60.1 Å². The molecule has 1 saturated carbocycles. The van der Waals surface area contributed by atoms with Crippen LogP contribution in [0.4, 0.5) is 0 Å². The van der Waals surface area contributed by atoms with E-state index in [4.69, 9.17) is 0 Å². The summed E-state index contributed by atoms with van der Waals surface area (Å²) in [5, 5.41) is 8.51. The summed E-state index contributed by atoms with van der Waals surface area (Å²) in [7, 11) is 0. The smallest absolute Gasteiger partial charge is 0.276 e. The predicted molar refractivity (Wildman–Crippen MR) is 109 cm³/mol. The van der Waals surface area contributed by atoms with Crippen LogP contribution < -0.4 is 5.32 Å². The molecule has 148 valence electrons. The Hall–Kier alpha value is -3.13. The summed E-state index contributed by atoms with van der Waals surface area (Å²) >= 11 is 1.12. The minimum absolute atomic E-state index is 0.0103. The average molecular weight is 407 g/mol. The molecule has 1 fully saturated rings. The van der Waals surface area contributed by atoms with Gasteiger partial charge in [0.1, 0.15) is 0 Å². The molecule has 0 bridgehead atoms. The van der Waals surface area contributed by atoms with Gasteiger partial charge in [0.25, 0.3) is 5.91 Å². The fourth-order valence-electron chi connectivity index (χ4n) is 3.25. The Morgan fingerprint density at radius 3 is 2.59 bits per heavy atom. The summed E-state index contributed by atoms with van der Waals surface area (Å²) in [6, 6.07) is 14.6. The molecule has 2 heterocycles. The summed E-state index contributed by atoms with van der Waals surface area (Å²) in [6.45, 7) is 0.483. The molecule has 2 amide bonds. The molecule has 0 aliphatic heterocycles. The van der Waals surface area contributed by atoms with Crippen molar-refractivity contribution < 1.29 is 9.59 Å². The fourth-order valence-corrected chi connectivity index (χ4v) is 3.68. The highest BCUT2D eigenvalue weighted by Gasteiger charge is 2.42. The second-order valence-corrected chi connectivity index (χ2v) is 7.53. The molecule has 1 aromatic carbocycles. The maximum atomic E-state index is 13.2. The van der Waals surface area contributed by atoms with Crippen LogP contribution in [-0.4, -0.2) is 43.9 Å². The summed E-state index contributed by atoms with van der Waals surface area (Å²) in [4.78, 5) is 32.3. The van der Waals surface area contributed by atoms with E-state index in [-0.39, 0.29) is 23.6 Å². The number of amides is 2. The first-order valence-corrected chi connectivity index (χ1v) is 10.4. The maximum Gasteiger partial charge on any atom is 0.276 e. The van der Waals surface area contributed by atoms with Gasteiger partial charge in [-0.15, -0.1) is 5.10 Å². The number of nitrogens with one attached hydrogen (secondary N) is 1. The van der Waals surface area contributed by atoms with Gasteiger partial charge in [0.05, 0.1) is 5.69 Å². The Bertz CT molecular complexity index is 946. The molecule has 1 aliphatic rings. The number of carbonyl (C=O) groups excluding carboxylic acids is 2. The lowest BCUT2D eigenvalue weighted by molar-refractivity contribution is -0.126. The molecule has 0 radical (unpaired) electrons. The number of benzene rings is 1. The van der Waals surface area contributed by atoms with Gasteiger partial charge in [-0.3, -0.25) is 14.6 Å². The average Bonchev–Trinajstić information content (AvgIpc) is 3.44. The molecule has 7 nitrogen and oxygen atoms in total. The van der Waals surface area contributed by atoms with Crippen molar-refractivity contribution in [2.45, 2.75) is 31.3 Å². The van der Waals surface area contributed by atoms with Crippen molar-refractivity contribution in [1.29, 1.82) is 0 Å². The molecule has 1 aliphatic carbocycles. The largest absolute Gasteiger partial charge is 0.354 e. The van der Waals surface area contributed by atoms with Gasteiger partial charge in [0.2, 0.25) is 5.91 Å². The van der Waals surface area contributed by atoms with E-state index in [9.17, 15) is 9.59 Å². The first kappa shape index (κ1) is 19.2. The zero-order chi connectivity index (χ0) is 20.1. The maximum absolute atomic E-state index is 13.2. The van der Waals surface area contributed by atoms with Gasteiger partial charge in [0, 0.05) is 24.2 Å². The van der Waals surface area contributed by atoms with Gasteiger partial charge in [-0.1, -0.05) is 40.9 Å². The van der Waals surface area contributed by atoms with E-state index < -0.39 is 6.04 Å². The summed E-state index contributed by atoms with van der Waals surface area (Å²) in [5.74, 6) is -0.516. The normalized spacial score (nSPS) is 14.2. The van der Waals surface area contributed by atoms with Crippen molar-refractivity contribution in [1.82, 2.24) is 24.8 Å². The quantitative estimate of drug-likeness (QED) is 0.620. The van der Waals surface area contributed by atoms with Gasteiger partial charge in [-0.2, -0.15) is 0 Å². The second kappa shape index (κ2) is 8.91. The molecular weight excluding hydrogens is 386 g/mol. The first-order valence-electron chi connectivity index (χ1n) is 9.56. The topological polar surface area (TPSA) is 88.1 Å². The number of nitrogens with zero attached hydrogens (tertiary/aromatic N) is 4. The monoisotopic (exact) mass is 407 g/mol. The van der Waals surface area contributed by atoms with Crippen molar-refractivity contribution in [2.75, 3.05) is 6.54 Å². The Morgan fingerprint density at radius 1 is 1.14 bits per heavy atom. The van der Waals surface area contributed by atoms with Crippen molar-refractivity contribution >= 4 is 23.3 Å². The lowest BCUT2D eigenvalue weighted by atomic mass is 10.1. The predicted octanol–water partition coefficient (Wildman–Crippen LogP) is 2.64. The van der Waals surface area contributed by atoms with Gasteiger partial charge in [0.15, 0.2) is 11.7 Å². The minimum atomic E-state index is -0.798. The van der Waals surface area contributed by atoms with E-state index >= 15 is 0 Å². The number of rotatable bonds is 8. The standard InChI is InChI=1S/C21H21N5O2S/c27-20(23-13-11-15-6-2-1-3-7-15)19(17-8-4-5-12-22-17)26(16-9-10-16)21(28)18-14-29-25-24-18/h1-8,12,14,16,19H,9-11,13H2,(H,23,27)/t19-/m0/s1. The third kappa shape index (κ3) is 4.65. The molecule has 0 spiro atoms. The molecular formula is C21H21N5O2S. The van der Waals surface area contributed by atoms with Crippen molar-refractivity contribution in [2.24, 2.45) is 0 Å². The highest BCUT2D eigenvalue weighted by Crippen LogP contribution is 2.35. The lowest BCUT2D eigenvalue weighted by Crippen LogP contribution is -2.45. The molecule has 3 aromatic rings. The van der Waals surface area contributed by atoms with E-state index in [0.717, 1.165) is 36.4 Å². The van der Waals surface area contributed by atoms with Crippen LogP contribution in [0.2, 0.25) is 0 Å². The number of carbonyl (C=O) groups is 2. The lowest BCUT2D eigenvalue weighted by Gasteiger charge is -2.30. The van der Waals surface area contributed by atoms with Crippen LogP contribution in [0.3, 0.4) is 0 Å².